The standard InChI is InChI=1S/C32H45N5O4/c1-32(2,3)41-31(38)37-20-18-36(19-21-37)15-8-22-39-26-10-7-9-24(23-26)29(40-25-13-16-35(4)17-14-25)30-33-27-11-5-6-12-28(27)34-30/h5-7,9-12,23,25,29H,8,13-22H2,1-4H3,(H,33,34). The van der Waals surface area contributed by atoms with Gasteiger partial charge in [0.25, 0.3) is 0 Å². The van der Waals surface area contributed by atoms with Crippen LogP contribution < -0.4 is 4.74 Å². The third-order valence-electron chi connectivity index (χ3n) is 7.72. The Labute approximate surface area is 243 Å². The van der Waals surface area contributed by atoms with Gasteiger partial charge in [-0.05, 0) is 76.9 Å². The molecule has 1 unspecified atom stereocenters. The number of ether oxygens (including phenoxy) is 3. The number of carbonyl (C=O) groups is 1. The number of carbonyl (C=O) groups excluding carboxylic acids is 1. The van der Waals surface area contributed by atoms with Crippen molar-refractivity contribution >= 4 is 17.1 Å². The first-order valence-corrected chi connectivity index (χ1v) is 15.0. The maximum atomic E-state index is 12.3. The molecule has 1 amide bonds. The minimum Gasteiger partial charge on any atom is -0.494 e. The van der Waals surface area contributed by atoms with Gasteiger partial charge in [0, 0.05) is 45.8 Å². The zero-order chi connectivity index (χ0) is 28.8. The smallest absolute Gasteiger partial charge is 0.410 e. The second kappa shape index (κ2) is 13.2. The first-order valence-electron chi connectivity index (χ1n) is 15.0. The third-order valence-corrected chi connectivity index (χ3v) is 7.72. The Hall–Kier alpha value is -3.14. The molecule has 9 nitrogen and oxygen atoms in total. The van der Waals surface area contributed by atoms with Crippen LogP contribution >= 0.6 is 0 Å². The Balaban J connectivity index is 1.16. The van der Waals surface area contributed by atoms with Crippen LogP contribution in [0.3, 0.4) is 0 Å². The molecular formula is C32H45N5O4. The number of nitrogens with zero attached hydrogens (tertiary/aromatic N) is 4. The fourth-order valence-electron chi connectivity index (χ4n) is 5.44. The number of piperazine rings is 1. The van der Waals surface area contributed by atoms with Gasteiger partial charge in [-0.15, -0.1) is 0 Å². The van der Waals surface area contributed by atoms with Crippen LogP contribution in [0.15, 0.2) is 48.5 Å². The third kappa shape index (κ3) is 8.21. The molecule has 0 aliphatic carbocycles. The molecule has 3 aromatic rings. The highest BCUT2D eigenvalue weighted by Crippen LogP contribution is 2.31. The van der Waals surface area contributed by atoms with Crippen molar-refractivity contribution in [3.8, 4) is 5.75 Å². The molecule has 2 aromatic carbocycles. The molecule has 0 radical (unpaired) electrons. The van der Waals surface area contributed by atoms with Crippen molar-refractivity contribution in [1.29, 1.82) is 0 Å². The number of amides is 1. The molecule has 2 saturated heterocycles. The van der Waals surface area contributed by atoms with Crippen molar-refractivity contribution in [3.05, 3.63) is 59.9 Å². The molecule has 0 bridgehead atoms. The maximum absolute atomic E-state index is 12.3. The van der Waals surface area contributed by atoms with E-state index < -0.39 is 5.60 Å². The van der Waals surface area contributed by atoms with Gasteiger partial charge in [0.1, 0.15) is 23.3 Å². The predicted octanol–water partition coefficient (Wildman–Crippen LogP) is 5.08. The van der Waals surface area contributed by atoms with Gasteiger partial charge < -0.3 is 29.0 Å². The topological polar surface area (TPSA) is 83.2 Å². The van der Waals surface area contributed by atoms with Gasteiger partial charge in [0.2, 0.25) is 0 Å². The minimum absolute atomic E-state index is 0.185. The summed E-state index contributed by atoms with van der Waals surface area (Å²) in [5.74, 6) is 1.66. The number of likely N-dealkylation sites (tertiary alicyclic amines) is 1. The summed E-state index contributed by atoms with van der Waals surface area (Å²) in [5.41, 5.74) is 2.53. The molecule has 0 saturated carbocycles. The van der Waals surface area contributed by atoms with E-state index >= 15 is 0 Å². The van der Waals surface area contributed by atoms with E-state index in [2.05, 4.69) is 40.0 Å². The molecule has 2 aliphatic heterocycles. The molecule has 222 valence electrons. The van der Waals surface area contributed by atoms with E-state index in [4.69, 9.17) is 19.2 Å². The Kier molecular flexibility index (Phi) is 9.47. The summed E-state index contributed by atoms with van der Waals surface area (Å²) in [6, 6.07) is 16.3. The summed E-state index contributed by atoms with van der Waals surface area (Å²) in [6.45, 7) is 12.4. The highest BCUT2D eigenvalue weighted by molar-refractivity contribution is 5.75. The molecule has 5 rings (SSSR count). The summed E-state index contributed by atoms with van der Waals surface area (Å²) < 4.78 is 18.4. The van der Waals surface area contributed by atoms with E-state index in [0.717, 1.165) is 80.2 Å². The van der Waals surface area contributed by atoms with Crippen molar-refractivity contribution < 1.29 is 19.0 Å². The van der Waals surface area contributed by atoms with Gasteiger partial charge in [-0.1, -0.05) is 24.3 Å². The number of imidazole rings is 1. The lowest BCUT2D eigenvalue weighted by Gasteiger charge is -2.35. The van der Waals surface area contributed by atoms with Crippen LogP contribution in [0.4, 0.5) is 4.79 Å². The molecule has 1 N–H and O–H groups in total. The number of H-pyrrole nitrogens is 1. The summed E-state index contributed by atoms with van der Waals surface area (Å²) in [7, 11) is 2.16. The van der Waals surface area contributed by atoms with Gasteiger partial charge in [-0.3, -0.25) is 4.90 Å². The van der Waals surface area contributed by atoms with Crippen LogP contribution in [-0.2, 0) is 9.47 Å². The maximum Gasteiger partial charge on any atom is 0.410 e. The van der Waals surface area contributed by atoms with Crippen LogP contribution in [0.5, 0.6) is 5.75 Å². The monoisotopic (exact) mass is 563 g/mol. The second-order valence-corrected chi connectivity index (χ2v) is 12.2. The van der Waals surface area contributed by atoms with Crippen molar-refractivity contribution in [2.45, 2.75) is 57.8 Å². The molecule has 41 heavy (non-hydrogen) atoms. The number of hydrogen-bond acceptors (Lipinski definition) is 7. The fourth-order valence-corrected chi connectivity index (χ4v) is 5.44. The molecule has 9 heteroatoms. The Bertz CT molecular complexity index is 1240. The van der Waals surface area contributed by atoms with Crippen LogP contribution in [0, 0.1) is 0 Å². The number of piperidine rings is 1. The van der Waals surface area contributed by atoms with Crippen LogP contribution in [0.1, 0.15) is 57.5 Å². The number of aromatic amines is 1. The predicted molar refractivity (Wildman–Crippen MR) is 160 cm³/mol. The van der Waals surface area contributed by atoms with Gasteiger partial charge in [0.15, 0.2) is 0 Å². The van der Waals surface area contributed by atoms with Crippen molar-refractivity contribution in [1.82, 2.24) is 24.7 Å². The summed E-state index contributed by atoms with van der Waals surface area (Å²) in [6.07, 6.45) is 2.60. The second-order valence-electron chi connectivity index (χ2n) is 12.2. The molecule has 2 fully saturated rings. The van der Waals surface area contributed by atoms with Crippen molar-refractivity contribution in [3.63, 3.8) is 0 Å². The van der Waals surface area contributed by atoms with Gasteiger partial charge >= 0.3 is 6.09 Å². The van der Waals surface area contributed by atoms with E-state index in [1.807, 2.05) is 51.1 Å². The Morgan fingerprint density at radius 2 is 1.78 bits per heavy atom. The van der Waals surface area contributed by atoms with E-state index in [9.17, 15) is 4.79 Å². The van der Waals surface area contributed by atoms with Gasteiger partial charge in [-0.2, -0.15) is 0 Å². The fraction of sp³-hybridized carbons (Fsp3) is 0.562. The molecular weight excluding hydrogens is 518 g/mol. The van der Waals surface area contributed by atoms with Gasteiger partial charge in [-0.25, -0.2) is 9.78 Å². The Morgan fingerprint density at radius 3 is 2.51 bits per heavy atom. The quantitative estimate of drug-likeness (QED) is 0.364. The molecule has 0 spiro atoms. The molecule has 2 aliphatic rings. The average molecular weight is 564 g/mol. The molecule has 3 heterocycles. The van der Waals surface area contributed by atoms with Crippen molar-refractivity contribution in [2.75, 3.05) is 59.5 Å². The van der Waals surface area contributed by atoms with Crippen LogP contribution in [-0.4, -0.2) is 102 Å². The zero-order valence-corrected chi connectivity index (χ0v) is 25.0. The number of benzene rings is 2. The minimum atomic E-state index is -0.464. The highest BCUT2D eigenvalue weighted by atomic mass is 16.6. The first kappa shape index (κ1) is 29.4. The van der Waals surface area contributed by atoms with E-state index in [-0.39, 0.29) is 18.3 Å². The first-order chi connectivity index (χ1) is 19.7. The number of fused-ring (bicyclic) bond motifs is 1. The number of aromatic nitrogens is 2. The molecule has 1 atom stereocenters. The average Bonchev–Trinajstić information content (AvgIpc) is 3.39. The van der Waals surface area contributed by atoms with E-state index in [1.54, 1.807) is 4.90 Å². The highest BCUT2D eigenvalue weighted by Gasteiger charge is 2.27. The lowest BCUT2D eigenvalue weighted by molar-refractivity contribution is -0.0265. The van der Waals surface area contributed by atoms with E-state index in [1.165, 1.54) is 0 Å². The molecule has 1 aromatic heterocycles. The van der Waals surface area contributed by atoms with Gasteiger partial charge in [0.05, 0.1) is 23.7 Å². The lowest BCUT2D eigenvalue weighted by Crippen LogP contribution is -2.50. The number of para-hydroxylation sites is 2. The zero-order valence-electron chi connectivity index (χ0n) is 25.0. The Morgan fingerprint density at radius 1 is 1.02 bits per heavy atom. The van der Waals surface area contributed by atoms with E-state index in [0.29, 0.717) is 19.7 Å². The number of nitrogens with one attached hydrogen (secondary N) is 1. The van der Waals surface area contributed by atoms with Crippen molar-refractivity contribution in [2.24, 2.45) is 0 Å². The normalized spacial score (nSPS) is 18.5. The number of rotatable bonds is 9. The SMILES string of the molecule is CN1CCC(OC(c2cccc(OCCCN3CCN(C(=O)OC(C)(C)C)CC3)c2)c2nc3ccccc3[nH]2)CC1. The summed E-state index contributed by atoms with van der Waals surface area (Å²) in [4.78, 5) is 27.2. The summed E-state index contributed by atoms with van der Waals surface area (Å²) in [5, 5.41) is 0. The number of hydrogen-bond donors (Lipinski definition) is 1. The van der Waals surface area contributed by atoms with Crippen LogP contribution in [0.25, 0.3) is 11.0 Å². The lowest BCUT2D eigenvalue weighted by atomic mass is 10.1. The summed E-state index contributed by atoms with van der Waals surface area (Å²) >= 11 is 0. The largest absolute Gasteiger partial charge is 0.494 e. The van der Waals surface area contributed by atoms with Crippen LogP contribution in [0.2, 0.25) is 0 Å².